The van der Waals surface area contributed by atoms with Crippen LogP contribution >= 0.6 is 11.8 Å². The van der Waals surface area contributed by atoms with Gasteiger partial charge in [0.25, 0.3) is 5.56 Å². The number of anilines is 1. The summed E-state index contributed by atoms with van der Waals surface area (Å²) >= 11 is 1.22. The van der Waals surface area contributed by atoms with Crippen molar-refractivity contribution < 1.29 is 4.79 Å². The molecule has 0 unspecified atom stereocenters. The monoisotopic (exact) mass is 397 g/mol. The Morgan fingerprint density at radius 3 is 2.68 bits per heavy atom. The molecule has 0 bridgehead atoms. The van der Waals surface area contributed by atoms with E-state index in [9.17, 15) is 14.4 Å². The summed E-state index contributed by atoms with van der Waals surface area (Å²) in [6, 6.07) is 9.77. The lowest BCUT2D eigenvalue weighted by atomic mass is 10.2. The van der Waals surface area contributed by atoms with E-state index in [0.29, 0.717) is 5.16 Å². The lowest BCUT2D eigenvalue weighted by Crippen LogP contribution is -2.36. The maximum atomic E-state index is 12.7. The zero-order valence-electron chi connectivity index (χ0n) is 15.2. The van der Waals surface area contributed by atoms with Crippen LogP contribution in [-0.2, 0) is 7.05 Å². The highest BCUT2D eigenvalue weighted by Crippen LogP contribution is 2.35. The summed E-state index contributed by atoms with van der Waals surface area (Å²) in [5, 5.41) is 0.651. The fourth-order valence-corrected chi connectivity index (χ4v) is 3.96. The summed E-state index contributed by atoms with van der Waals surface area (Å²) in [4.78, 5) is 43.4. The second-order valence-corrected chi connectivity index (χ2v) is 7.63. The van der Waals surface area contributed by atoms with E-state index in [1.165, 1.54) is 16.3 Å². The molecular formula is C19H19N5O3S. The lowest BCUT2D eigenvalue weighted by Gasteiger charge is -2.11. The third-order valence-corrected chi connectivity index (χ3v) is 5.76. The number of aromatic nitrogens is 4. The van der Waals surface area contributed by atoms with E-state index in [4.69, 9.17) is 5.73 Å². The number of ketones is 1. The fourth-order valence-electron chi connectivity index (χ4n) is 3.14. The van der Waals surface area contributed by atoms with Gasteiger partial charge in [-0.3, -0.25) is 19.1 Å². The van der Waals surface area contributed by atoms with E-state index in [0.717, 1.165) is 24.1 Å². The lowest BCUT2D eigenvalue weighted by molar-refractivity contribution is 0.102. The van der Waals surface area contributed by atoms with Gasteiger partial charge in [-0.1, -0.05) is 42.1 Å². The van der Waals surface area contributed by atoms with Crippen LogP contribution in [0, 0.1) is 0 Å². The number of nitrogens with one attached hydrogen (secondary N) is 1. The maximum absolute atomic E-state index is 12.7. The number of hydrogen-bond acceptors (Lipinski definition) is 6. The molecule has 0 amide bonds. The van der Waals surface area contributed by atoms with Crippen LogP contribution in [0.4, 0.5) is 5.82 Å². The summed E-state index contributed by atoms with van der Waals surface area (Å²) in [5.74, 6) is -0.482. The van der Waals surface area contributed by atoms with Crippen LogP contribution < -0.4 is 17.0 Å². The predicted octanol–water partition coefficient (Wildman–Crippen LogP) is 1.83. The number of thioether (sulfide) groups is 1. The van der Waals surface area contributed by atoms with Crippen molar-refractivity contribution >= 4 is 23.4 Å². The molecule has 2 aromatic heterocycles. The van der Waals surface area contributed by atoms with Gasteiger partial charge < -0.3 is 10.3 Å². The zero-order valence-corrected chi connectivity index (χ0v) is 16.0. The number of Topliss-reactive ketones (excluding diaryl/α,β-unsaturated/α-hetero) is 1. The second-order valence-electron chi connectivity index (χ2n) is 6.68. The Kier molecular flexibility index (Phi) is 4.68. The zero-order chi connectivity index (χ0) is 19.8. The highest BCUT2D eigenvalue weighted by atomic mass is 32.2. The minimum Gasteiger partial charge on any atom is -0.384 e. The van der Waals surface area contributed by atoms with Gasteiger partial charge in [0.15, 0.2) is 10.9 Å². The third-order valence-electron chi connectivity index (χ3n) is 4.72. The number of benzene rings is 1. The number of rotatable bonds is 6. The molecule has 3 N–H and O–H groups in total. The number of H-pyrrole nitrogens is 1. The first-order valence-electron chi connectivity index (χ1n) is 8.84. The molecule has 1 aliphatic carbocycles. The average molecular weight is 397 g/mol. The summed E-state index contributed by atoms with van der Waals surface area (Å²) in [6.45, 7) is 0. The van der Waals surface area contributed by atoms with Gasteiger partial charge in [-0.2, -0.15) is 0 Å². The molecule has 0 radical (unpaired) electrons. The molecule has 1 aromatic carbocycles. The summed E-state index contributed by atoms with van der Waals surface area (Å²) < 4.78 is 3.21. The van der Waals surface area contributed by atoms with E-state index < -0.39 is 17.0 Å². The third kappa shape index (κ3) is 3.29. The van der Waals surface area contributed by atoms with Crippen molar-refractivity contribution in [3.05, 3.63) is 62.9 Å². The Balaban J connectivity index is 1.56. The molecule has 2 heterocycles. The molecule has 4 rings (SSSR count). The first-order valence-corrected chi connectivity index (χ1v) is 9.83. The summed E-state index contributed by atoms with van der Waals surface area (Å²) in [7, 11) is 1.87. The van der Waals surface area contributed by atoms with E-state index in [1.807, 2.05) is 41.9 Å². The number of hydrogen-bond donors (Lipinski definition) is 2. The topological polar surface area (TPSA) is 116 Å². The highest BCUT2D eigenvalue weighted by molar-refractivity contribution is 7.99. The molecule has 8 nitrogen and oxygen atoms in total. The molecule has 28 heavy (non-hydrogen) atoms. The van der Waals surface area contributed by atoms with Crippen LogP contribution in [0.2, 0.25) is 0 Å². The quantitative estimate of drug-likeness (QED) is 0.484. The number of nitrogen functional groups attached to an aromatic ring is 1. The predicted molar refractivity (Wildman–Crippen MR) is 108 cm³/mol. The van der Waals surface area contributed by atoms with E-state index >= 15 is 0 Å². The van der Waals surface area contributed by atoms with Crippen LogP contribution in [-0.4, -0.2) is 30.6 Å². The second kappa shape index (κ2) is 7.16. The Labute approximate surface area is 164 Å². The van der Waals surface area contributed by atoms with Crippen molar-refractivity contribution in [1.82, 2.24) is 19.1 Å². The number of nitrogens with zero attached hydrogens (tertiary/aromatic N) is 3. The van der Waals surface area contributed by atoms with Crippen molar-refractivity contribution in [2.24, 2.45) is 7.05 Å². The summed E-state index contributed by atoms with van der Waals surface area (Å²) in [5.41, 5.74) is 6.48. The minimum atomic E-state index is -0.741. The van der Waals surface area contributed by atoms with Gasteiger partial charge in [0.1, 0.15) is 11.4 Å². The normalized spacial score (nSPS) is 13.6. The van der Waals surface area contributed by atoms with Gasteiger partial charge in [-0.15, -0.1) is 0 Å². The number of carbonyl (C=O) groups excluding carboxylic acids is 1. The SMILES string of the molecule is Cn1c(-c2ccccc2)cnc1SCC(=O)c1c(N)n(C2CC2)c(=O)[nH]c1=O. The smallest absolute Gasteiger partial charge is 0.330 e. The molecule has 0 spiro atoms. The molecule has 1 aliphatic rings. The van der Waals surface area contributed by atoms with Crippen LogP contribution in [0.15, 0.2) is 51.3 Å². The summed E-state index contributed by atoms with van der Waals surface area (Å²) in [6.07, 6.45) is 3.37. The molecular weight excluding hydrogens is 378 g/mol. The van der Waals surface area contributed by atoms with Crippen molar-refractivity contribution in [3.8, 4) is 11.3 Å². The van der Waals surface area contributed by atoms with Gasteiger partial charge in [-0.25, -0.2) is 9.78 Å². The Bertz CT molecular complexity index is 1160. The van der Waals surface area contributed by atoms with Crippen LogP contribution in [0.3, 0.4) is 0 Å². The Morgan fingerprint density at radius 2 is 2.00 bits per heavy atom. The Hall–Kier alpha value is -3.07. The number of aromatic amines is 1. The van der Waals surface area contributed by atoms with E-state index in [2.05, 4.69) is 9.97 Å². The van der Waals surface area contributed by atoms with Gasteiger partial charge >= 0.3 is 5.69 Å². The van der Waals surface area contributed by atoms with Crippen molar-refractivity contribution in [3.63, 3.8) is 0 Å². The molecule has 1 fully saturated rings. The number of nitrogens with two attached hydrogens (primary N) is 1. The fraction of sp³-hybridized carbons (Fsp3) is 0.263. The van der Waals surface area contributed by atoms with Crippen LogP contribution in [0.25, 0.3) is 11.3 Å². The van der Waals surface area contributed by atoms with Gasteiger partial charge in [-0.05, 0) is 18.4 Å². The van der Waals surface area contributed by atoms with Crippen LogP contribution in [0.5, 0.6) is 0 Å². The van der Waals surface area contributed by atoms with Gasteiger partial charge in [0.2, 0.25) is 0 Å². The minimum absolute atomic E-state index is 0.00473. The highest BCUT2D eigenvalue weighted by Gasteiger charge is 2.30. The standard InChI is InChI=1S/C19H19N5O3S/c1-23-13(11-5-3-2-4-6-11)9-21-19(23)28-10-14(25)15-16(20)24(12-7-8-12)18(27)22-17(15)26/h2-6,9,12H,7-8,10,20H2,1H3,(H,22,26,27). The Morgan fingerprint density at radius 1 is 1.29 bits per heavy atom. The van der Waals surface area contributed by atoms with Crippen LogP contribution in [0.1, 0.15) is 29.2 Å². The molecule has 3 aromatic rings. The molecule has 1 saturated carbocycles. The average Bonchev–Trinajstić information content (AvgIpc) is 3.42. The van der Waals surface area contributed by atoms with E-state index in [-0.39, 0.29) is 23.2 Å². The van der Waals surface area contributed by atoms with Gasteiger partial charge in [0, 0.05) is 13.1 Å². The molecule has 0 saturated heterocycles. The van der Waals surface area contributed by atoms with Crippen molar-refractivity contribution in [2.45, 2.75) is 24.0 Å². The van der Waals surface area contributed by atoms with Gasteiger partial charge in [0.05, 0.1) is 17.6 Å². The largest absolute Gasteiger partial charge is 0.384 e. The number of carbonyl (C=O) groups is 1. The van der Waals surface area contributed by atoms with E-state index in [1.54, 1.807) is 6.20 Å². The molecule has 9 heteroatoms. The van der Waals surface area contributed by atoms with Crippen molar-refractivity contribution in [2.75, 3.05) is 11.5 Å². The first kappa shape index (κ1) is 18.3. The maximum Gasteiger partial charge on any atom is 0.330 e. The molecule has 144 valence electrons. The number of imidazole rings is 1. The molecule has 0 aliphatic heterocycles. The molecule has 0 atom stereocenters. The van der Waals surface area contributed by atoms with Crippen molar-refractivity contribution in [1.29, 1.82) is 0 Å². The first-order chi connectivity index (χ1) is 13.5.